The molecule has 1 saturated heterocycles. The Kier molecular flexibility index (Phi) is 55.7. The van der Waals surface area contributed by atoms with Gasteiger partial charge in [-0.15, -0.1) is 0 Å². The molecule has 1 atom stereocenters. The number of aromatic carboxylic acids is 1. The minimum absolute atomic E-state index is 0. The number of carbonyl (C=O) groups excluding carboxylic acids is 4. The number of esters is 3. The number of aryl methyl sites for hydroxylation is 4. The first-order chi connectivity index (χ1) is 39.8. The Morgan fingerprint density at radius 3 is 1.40 bits per heavy atom. The molecular weight excluding hydrogens is 1450 g/mol. The SMILES string of the molecule is C1CCOC1.CC(O)C(C)(C)O.CO.COC(=O)c1cc(-c2ncnn2C)c(Br)o1.COC(=O)c1cc(-c2ncnn2C)co1.COC(=O)c1cc(Br)co1.Cn1ncnc1-c1cc(C(=O)O)oc1Br.O=CO[O-].[B]=NS.[B]c1ccnn1C.[H-].[K+].[K+].[Na+].[OH-]. The maximum absolute atomic E-state index is 11.3. The van der Waals surface area contributed by atoms with Crippen LogP contribution in [-0.4, -0.2) is 179 Å². The van der Waals surface area contributed by atoms with E-state index < -0.39 is 35.6 Å². The number of methoxy groups -OCH3 is 3. The fourth-order valence-electron chi connectivity index (χ4n) is 5.06. The molecule has 88 heavy (non-hydrogen) atoms. The normalized spacial score (nSPS) is 10.4. The molecule has 8 aromatic rings. The summed E-state index contributed by atoms with van der Waals surface area (Å²) in [4.78, 5) is 67.0. The number of rotatable bonds is 9. The van der Waals surface area contributed by atoms with Crippen molar-refractivity contribution in [2.24, 2.45) is 32.5 Å². The standard InChI is InChI=1S/C9H8BrN3O3.C9H9N3O3.C8H6BrN3O3.C6H5BrO3.C5H12O2.C4H5BN2.C4H8O.CH2O3.CH4O.BHNS.2K.Na.H2O.H/c1-13-8(11-4-12-13)5-3-6(9(14)15-2)16-7(5)10;1-12-8(10-5-11-12)6-3-7(15-4-6)9(13)14-2;1-12-7(10-3-11-12)4-2-5(8(13)14)15-6(4)9;1-9-6(8)5-2-4(7)3-10-5;1-4(6)5(2,3)7;1-7-4(5)2-3-6-7;1-2-4-5-3-1;2-1-4-3;1-2;1-2-3;;;;;/h3-4H,1-2H3;3-5H,1-2H3;2-3H,1H3,(H,13,14);2-3H,1H3;4,6-7H,1-3H3;2-3H,1H3;1-4H2;1,3H;2H,1H3;3H;;;;1H2;/q;;;;;;;;;;3*+1;;-1/p-2. The molecule has 1 fully saturated rings. The summed E-state index contributed by atoms with van der Waals surface area (Å²) in [6.45, 7) is 6.51. The second-order valence-corrected chi connectivity index (χ2v) is 18.3. The number of aliphatic hydroxyl groups is 3. The van der Waals surface area contributed by atoms with E-state index in [4.69, 9.17) is 60.7 Å². The minimum Gasteiger partial charge on any atom is -1.00 e. The van der Waals surface area contributed by atoms with Crippen LogP contribution in [0.5, 0.6) is 0 Å². The smallest absolute Gasteiger partial charge is 1.00 e. The van der Waals surface area contributed by atoms with E-state index in [1.54, 1.807) is 93.5 Å². The molecule has 0 aromatic carbocycles. The molecule has 465 valence electrons. The molecule has 0 saturated carbocycles. The first kappa shape index (κ1) is 93.6. The van der Waals surface area contributed by atoms with Gasteiger partial charge in [-0.25, -0.2) is 48.2 Å². The van der Waals surface area contributed by atoms with Gasteiger partial charge in [-0.3, -0.25) is 9.48 Å². The van der Waals surface area contributed by atoms with Crippen LogP contribution in [0.15, 0.2) is 104 Å². The van der Waals surface area contributed by atoms with Crippen LogP contribution < -0.4 is 143 Å². The third-order valence-corrected chi connectivity index (χ3v) is 11.1. The van der Waals surface area contributed by atoms with Crippen molar-refractivity contribution < 1.29 is 230 Å². The van der Waals surface area contributed by atoms with Gasteiger partial charge in [0, 0.05) is 79.0 Å². The van der Waals surface area contributed by atoms with E-state index in [-0.39, 0.29) is 169 Å². The summed E-state index contributed by atoms with van der Waals surface area (Å²) in [7, 11) is 21.6. The van der Waals surface area contributed by atoms with Gasteiger partial charge in [0.2, 0.25) is 23.0 Å². The van der Waals surface area contributed by atoms with Gasteiger partial charge < -0.3 is 74.1 Å². The zero-order chi connectivity index (χ0) is 64.1. The van der Waals surface area contributed by atoms with Gasteiger partial charge in [-0.05, 0) is 93.1 Å². The average molecular weight is 1510 g/mol. The minimum atomic E-state index is -1.12. The van der Waals surface area contributed by atoms with E-state index in [2.05, 4.69) is 127 Å². The summed E-state index contributed by atoms with van der Waals surface area (Å²) in [5.41, 5.74) is 1.66. The largest absolute Gasteiger partial charge is 1.00 e. The zero-order valence-electron chi connectivity index (χ0n) is 51.3. The fraction of sp³-hybridized carbons (Fsp3) is 0.362. The number of halogens is 3. The molecule has 8 aromatic heterocycles. The third-order valence-electron chi connectivity index (χ3n) is 9.53. The molecule has 1 unspecified atom stereocenters. The predicted molar refractivity (Wildman–Crippen MR) is 311 cm³/mol. The van der Waals surface area contributed by atoms with Crippen LogP contribution in [0.1, 0.15) is 77.3 Å². The molecule has 0 aliphatic carbocycles. The van der Waals surface area contributed by atoms with Crippen molar-refractivity contribution in [2.45, 2.75) is 45.3 Å². The van der Waals surface area contributed by atoms with Crippen LogP contribution in [0.4, 0.5) is 0 Å². The van der Waals surface area contributed by atoms with Crippen LogP contribution in [0, 0.1) is 0 Å². The Morgan fingerprint density at radius 2 is 1.12 bits per heavy atom. The van der Waals surface area contributed by atoms with E-state index >= 15 is 0 Å². The molecule has 0 spiro atoms. The van der Waals surface area contributed by atoms with Crippen molar-refractivity contribution in [3.8, 4) is 34.2 Å². The zero-order valence-corrected chi connectivity index (χ0v) is 64.2. The van der Waals surface area contributed by atoms with Gasteiger partial charge in [0.25, 0.3) is 6.47 Å². The molecule has 0 bridgehead atoms. The van der Waals surface area contributed by atoms with E-state index in [0.717, 1.165) is 24.8 Å². The van der Waals surface area contributed by atoms with Crippen molar-refractivity contribution >= 4 is 112 Å². The number of carboxylic acid groups (broad SMARTS) is 1. The maximum Gasteiger partial charge on any atom is 1.00 e. The summed E-state index contributed by atoms with van der Waals surface area (Å²) < 4.78 is 48.9. The molecule has 3 radical (unpaired) electrons. The fourth-order valence-corrected chi connectivity index (χ4v) is 6.30. The summed E-state index contributed by atoms with van der Waals surface area (Å²) in [6, 6.07) is 7.82. The summed E-state index contributed by atoms with van der Waals surface area (Å²) >= 11 is 12.7. The summed E-state index contributed by atoms with van der Waals surface area (Å²) in [6.07, 6.45) is 10.7. The van der Waals surface area contributed by atoms with Crippen molar-refractivity contribution in [1.29, 1.82) is 0 Å². The Balaban J connectivity index is -0.000000224. The first-order valence-electron chi connectivity index (χ1n) is 23.1. The second kappa shape index (κ2) is 52.4. The third kappa shape index (κ3) is 35.6. The topological polar surface area (TPSA) is 440 Å². The van der Waals surface area contributed by atoms with Gasteiger partial charge in [-0.2, -0.15) is 20.4 Å². The number of aromatic nitrogens is 11. The van der Waals surface area contributed by atoms with E-state index in [0.29, 0.717) is 49.1 Å². The van der Waals surface area contributed by atoms with Crippen molar-refractivity contribution in [3.05, 3.63) is 105 Å². The van der Waals surface area contributed by atoms with Crippen LogP contribution >= 0.6 is 60.6 Å². The van der Waals surface area contributed by atoms with Crippen LogP contribution in [0.2, 0.25) is 0 Å². The average Bonchev–Trinajstić information content (AvgIpc) is 2.23. The molecule has 5 N–H and O–H groups in total. The molecule has 9 rings (SSSR count). The van der Waals surface area contributed by atoms with E-state index in [9.17, 15) is 19.2 Å². The Labute approximate surface area is 646 Å². The molecule has 9 heterocycles. The van der Waals surface area contributed by atoms with Gasteiger partial charge in [0.1, 0.15) is 39.4 Å². The van der Waals surface area contributed by atoms with Gasteiger partial charge in [-0.1, -0.05) is 0 Å². The maximum atomic E-state index is 11.3. The van der Waals surface area contributed by atoms with Crippen LogP contribution in [-0.2, 0) is 56.8 Å². The quantitative estimate of drug-likeness (QED) is 0.0172. The number of hydrogen-bond acceptors (Lipinski definition) is 28. The van der Waals surface area contributed by atoms with E-state index in [1.807, 2.05) is 0 Å². The van der Waals surface area contributed by atoms with E-state index in [1.165, 1.54) is 76.4 Å². The molecule has 1 aliphatic rings. The van der Waals surface area contributed by atoms with Gasteiger partial charge >= 0.3 is 181 Å². The van der Waals surface area contributed by atoms with Crippen molar-refractivity contribution in [1.82, 2.24) is 54.1 Å². The molecular formula is C47H61B2Br3K2N12NaO20S. The molecule has 1 aliphatic heterocycles. The van der Waals surface area contributed by atoms with Crippen molar-refractivity contribution in [2.75, 3.05) is 41.7 Å². The second-order valence-electron chi connectivity index (χ2n) is 15.7. The van der Waals surface area contributed by atoms with Crippen LogP contribution in [0.3, 0.4) is 0 Å². The van der Waals surface area contributed by atoms with Crippen molar-refractivity contribution in [3.63, 3.8) is 0 Å². The molecule has 41 heteroatoms. The number of carboxylic acids is 1. The number of furan rings is 4. The number of aliphatic hydroxyl groups excluding tert-OH is 2. The summed E-state index contributed by atoms with van der Waals surface area (Å²) in [5.74, 6) is -0.526. The Morgan fingerprint density at radius 1 is 0.750 bits per heavy atom. The number of hydrogen-bond donors (Lipinski definition) is 5. The van der Waals surface area contributed by atoms with Gasteiger partial charge in [0.15, 0.2) is 26.8 Å². The monoisotopic (exact) mass is 1510 g/mol. The number of thiol groups is 1. The van der Waals surface area contributed by atoms with Crippen LogP contribution in [0.25, 0.3) is 34.2 Å². The number of carbonyl (C=O) groups is 5. The molecule has 32 nitrogen and oxygen atoms in total. The molecule has 0 amide bonds. The van der Waals surface area contributed by atoms with Gasteiger partial charge in [0.05, 0.1) is 54.2 Å². The summed E-state index contributed by atoms with van der Waals surface area (Å²) in [5, 5.41) is 57.2. The number of ether oxygens (including phenoxy) is 4. The Hall–Kier alpha value is -3.15. The Bertz CT molecular complexity index is 3190. The number of nitrogens with zero attached hydrogens (tertiary/aromatic N) is 12. The first-order valence-corrected chi connectivity index (χ1v) is 25.9. The predicted octanol–water partition coefficient (Wildman–Crippen LogP) is -4.83.